The molecule has 0 unspecified atom stereocenters. The monoisotopic (exact) mass is 447 g/mol. The Morgan fingerprint density at radius 3 is 2.67 bits per heavy atom. The van der Waals surface area contributed by atoms with Crippen molar-refractivity contribution < 1.29 is 19.4 Å². The lowest BCUT2D eigenvalue weighted by Gasteiger charge is -2.31. The van der Waals surface area contributed by atoms with Gasteiger partial charge in [0.25, 0.3) is 11.5 Å². The van der Waals surface area contributed by atoms with E-state index in [-0.39, 0.29) is 35.6 Å². The molecule has 4 heterocycles. The fourth-order valence-corrected chi connectivity index (χ4v) is 4.86. The minimum atomic E-state index is -1.87. The fourth-order valence-electron chi connectivity index (χ4n) is 4.86. The lowest BCUT2D eigenvalue weighted by molar-refractivity contribution is -0.172. The summed E-state index contributed by atoms with van der Waals surface area (Å²) in [6, 6.07) is 9.14. The van der Waals surface area contributed by atoms with Crippen LogP contribution in [0.15, 0.2) is 35.1 Å². The third kappa shape index (κ3) is 2.94. The van der Waals surface area contributed by atoms with Gasteiger partial charge in [0.15, 0.2) is 5.60 Å². The number of pyridine rings is 2. The van der Waals surface area contributed by atoms with E-state index in [1.54, 1.807) is 28.5 Å². The molecule has 5 rings (SSSR count). The van der Waals surface area contributed by atoms with Gasteiger partial charge in [-0.1, -0.05) is 19.1 Å². The van der Waals surface area contributed by atoms with Crippen LogP contribution in [0.1, 0.15) is 54.2 Å². The number of benzene rings is 1. The summed E-state index contributed by atoms with van der Waals surface area (Å²) < 4.78 is 6.71. The lowest BCUT2D eigenvalue weighted by Crippen LogP contribution is -2.44. The van der Waals surface area contributed by atoms with Gasteiger partial charge >= 0.3 is 5.97 Å². The Bertz CT molecular complexity index is 1390. The van der Waals surface area contributed by atoms with Gasteiger partial charge < -0.3 is 19.3 Å². The van der Waals surface area contributed by atoms with E-state index in [4.69, 9.17) is 9.72 Å². The number of fused-ring (bicyclic) bond motifs is 5. The number of carbonyl (C=O) groups is 2. The summed E-state index contributed by atoms with van der Waals surface area (Å²) in [5, 5.41) is 11.8. The van der Waals surface area contributed by atoms with Crippen LogP contribution in [0.4, 0.5) is 0 Å². The van der Waals surface area contributed by atoms with Gasteiger partial charge in [-0.05, 0) is 38.5 Å². The van der Waals surface area contributed by atoms with E-state index in [1.165, 1.54) is 0 Å². The predicted octanol–water partition coefficient (Wildman–Crippen LogP) is 2.56. The number of carbonyl (C=O) groups excluding carboxylic acids is 2. The normalized spacial score (nSPS) is 18.5. The first-order valence-corrected chi connectivity index (χ1v) is 11.2. The van der Waals surface area contributed by atoms with Crippen molar-refractivity contribution in [2.24, 2.45) is 0 Å². The highest BCUT2D eigenvalue weighted by Gasteiger charge is 2.45. The van der Waals surface area contributed by atoms with E-state index in [0.29, 0.717) is 42.1 Å². The number of ether oxygens (including phenoxy) is 1. The van der Waals surface area contributed by atoms with Crippen LogP contribution in [0.2, 0.25) is 0 Å². The number of amides is 1. The molecular formula is C25H25N3O5. The maximum atomic E-state index is 13.3. The number of rotatable bonds is 4. The maximum Gasteiger partial charge on any atom is 0.343 e. The molecule has 3 aromatic rings. The Morgan fingerprint density at radius 1 is 1.21 bits per heavy atom. The first-order chi connectivity index (χ1) is 15.8. The summed E-state index contributed by atoms with van der Waals surface area (Å²) in [5.74, 6) is -0.847. The number of hydrogen-bond acceptors (Lipinski definition) is 6. The highest BCUT2D eigenvalue weighted by molar-refractivity contribution is 6.06. The number of hydrogen-bond donors (Lipinski definition) is 1. The van der Waals surface area contributed by atoms with Gasteiger partial charge in [-0.25, -0.2) is 9.78 Å². The molecule has 0 saturated carbocycles. The SMILES string of the molecule is CCN(CC)C(=O)c1cccc2cc3c(nc12)-c1cc2c(c(=O)n1C3)COC(=O)[C@]2(O)CC. The molecule has 2 aromatic heterocycles. The Kier molecular flexibility index (Phi) is 4.86. The molecule has 1 atom stereocenters. The van der Waals surface area contributed by atoms with Crippen LogP contribution >= 0.6 is 0 Å². The molecule has 0 radical (unpaired) electrons. The third-order valence-electron chi connectivity index (χ3n) is 6.82. The van der Waals surface area contributed by atoms with E-state index in [0.717, 1.165) is 10.9 Å². The van der Waals surface area contributed by atoms with E-state index in [1.807, 2.05) is 32.0 Å². The predicted molar refractivity (Wildman–Crippen MR) is 122 cm³/mol. The molecule has 0 bridgehead atoms. The molecule has 1 N–H and O–H groups in total. The first kappa shape index (κ1) is 21.3. The van der Waals surface area contributed by atoms with Gasteiger partial charge in [0.2, 0.25) is 0 Å². The summed E-state index contributed by atoms with van der Waals surface area (Å²) in [7, 11) is 0. The summed E-state index contributed by atoms with van der Waals surface area (Å²) in [6.07, 6.45) is 0.0856. The summed E-state index contributed by atoms with van der Waals surface area (Å²) >= 11 is 0. The van der Waals surface area contributed by atoms with Crippen molar-refractivity contribution in [3.8, 4) is 11.4 Å². The molecule has 0 saturated heterocycles. The zero-order valence-electron chi connectivity index (χ0n) is 18.8. The van der Waals surface area contributed by atoms with Gasteiger partial charge in [-0.3, -0.25) is 9.59 Å². The third-order valence-corrected chi connectivity index (χ3v) is 6.82. The van der Waals surface area contributed by atoms with E-state index in [2.05, 4.69) is 0 Å². The maximum absolute atomic E-state index is 13.3. The van der Waals surface area contributed by atoms with Crippen LogP contribution in [0.3, 0.4) is 0 Å². The van der Waals surface area contributed by atoms with Crippen molar-refractivity contribution in [3.63, 3.8) is 0 Å². The molecule has 1 amide bonds. The second-order valence-electron chi connectivity index (χ2n) is 8.45. The quantitative estimate of drug-likeness (QED) is 0.483. The van der Waals surface area contributed by atoms with Crippen LogP contribution in [-0.2, 0) is 28.3 Å². The minimum Gasteiger partial charge on any atom is -0.458 e. The van der Waals surface area contributed by atoms with Crippen molar-refractivity contribution in [3.05, 3.63) is 62.9 Å². The van der Waals surface area contributed by atoms with Crippen molar-refractivity contribution in [1.29, 1.82) is 0 Å². The van der Waals surface area contributed by atoms with Gasteiger partial charge in [0.1, 0.15) is 6.61 Å². The molecule has 0 aliphatic carbocycles. The second kappa shape index (κ2) is 7.52. The summed E-state index contributed by atoms with van der Waals surface area (Å²) in [4.78, 5) is 45.3. The Balaban J connectivity index is 1.74. The van der Waals surface area contributed by atoms with Crippen molar-refractivity contribution in [2.45, 2.75) is 45.9 Å². The Hall–Kier alpha value is -3.52. The molecule has 2 aliphatic rings. The molecule has 0 fully saturated rings. The van der Waals surface area contributed by atoms with Gasteiger partial charge in [-0.2, -0.15) is 0 Å². The van der Waals surface area contributed by atoms with Crippen molar-refractivity contribution in [1.82, 2.24) is 14.5 Å². The van der Waals surface area contributed by atoms with Crippen LogP contribution < -0.4 is 5.56 Å². The Morgan fingerprint density at radius 2 is 1.97 bits per heavy atom. The Labute approximate surface area is 190 Å². The average Bonchev–Trinajstić information content (AvgIpc) is 3.18. The van der Waals surface area contributed by atoms with Crippen LogP contribution in [0, 0.1) is 0 Å². The van der Waals surface area contributed by atoms with Crippen molar-refractivity contribution >= 4 is 22.8 Å². The molecule has 8 heteroatoms. The summed E-state index contributed by atoms with van der Waals surface area (Å²) in [5.41, 5.74) is 1.43. The number of cyclic esters (lactones) is 1. The van der Waals surface area contributed by atoms with E-state index >= 15 is 0 Å². The van der Waals surface area contributed by atoms with Crippen LogP contribution in [0.5, 0.6) is 0 Å². The van der Waals surface area contributed by atoms with Crippen molar-refractivity contribution in [2.75, 3.05) is 13.1 Å². The fraction of sp³-hybridized carbons (Fsp3) is 0.360. The molecule has 0 spiro atoms. The number of esters is 1. The number of aromatic nitrogens is 2. The zero-order chi connectivity index (χ0) is 23.5. The highest BCUT2D eigenvalue weighted by Crippen LogP contribution is 2.38. The summed E-state index contributed by atoms with van der Waals surface area (Å²) in [6.45, 7) is 6.88. The number of nitrogens with zero attached hydrogens (tertiary/aromatic N) is 3. The van der Waals surface area contributed by atoms with Crippen LogP contribution in [0.25, 0.3) is 22.3 Å². The second-order valence-corrected chi connectivity index (χ2v) is 8.45. The zero-order valence-corrected chi connectivity index (χ0v) is 18.8. The molecule has 8 nitrogen and oxygen atoms in total. The smallest absolute Gasteiger partial charge is 0.343 e. The van der Waals surface area contributed by atoms with Crippen LogP contribution in [-0.4, -0.2) is 44.5 Å². The molecule has 33 heavy (non-hydrogen) atoms. The number of aliphatic hydroxyl groups is 1. The van der Waals surface area contributed by atoms with E-state index in [9.17, 15) is 19.5 Å². The molecule has 2 aliphatic heterocycles. The number of para-hydroxylation sites is 1. The van der Waals surface area contributed by atoms with E-state index < -0.39 is 11.6 Å². The minimum absolute atomic E-state index is 0.0856. The van der Waals surface area contributed by atoms with Gasteiger partial charge in [-0.15, -0.1) is 0 Å². The van der Waals surface area contributed by atoms with Gasteiger partial charge in [0.05, 0.1) is 34.6 Å². The molecule has 170 valence electrons. The largest absolute Gasteiger partial charge is 0.458 e. The molecule has 1 aromatic carbocycles. The molecular weight excluding hydrogens is 422 g/mol. The standard InChI is InChI=1S/C25H25N3O5/c1-4-25(32)18-11-19-21-15(12-28(19)23(30)17(18)13-33-24(25)31)10-14-8-7-9-16(20(14)26-21)22(29)27(5-2)6-3/h7-11,32H,4-6,12-13H2,1-3H3/t25-/m0/s1. The average molecular weight is 447 g/mol. The first-order valence-electron chi connectivity index (χ1n) is 11.2. The highest BCUT2D eigenvalue weighted by atomic mass is 16.6. The topological polar surface area (TPSA) is 102 Å². The lowest BCUT2D eigenvalue weighted by atomic mass is 9.86. The van der Waals surface area contributed by atoms with Gasteiger partial charge in [0, 0.05) is 29.6 Å².